The van der Waals surface area contributed by atoms with Crippen molar-refractivity contribution < 1.29 is 34.0 Å². The quantitative estimate of drug-likeness (QED) is 0.255. The number of hydrogen-bond donors (Lipinski definition) is 2. The van der Waals surface area contributed by atoms with E-state index in [0.29, 0.717) is 26.4 Å². The van der Waals surface area contributed by atoms with Crippen molar-refractivity contribution in [3.8, 4) is 0 Å². The number of nitro benzene ring substituents is 2. The van der Waals surface area contributed by atoms with Gasteiger partial charge in [-0.05, 0) is 6.07 Å². The third-order valence-electron chi connectivity index (χ3n) is 3.15. The zero-order valence-electron chi connectivity index (χ0n) is 14.5. The van der Waals surface area contributed by atoms with Gasteiger partial charge in [-0.2, -0.15) is 0 Å². The van der Waals surface area contributed by atoms with Gasteiger partial charge in [0.15, 0.2) is 0 Å². The highest BCUT2D eigenvalue weighted by molar-refractivity contribution is 5.66. The number of hydrogen-bond acceptors (Lipinski definition) is 9. The van der Waals surface area contributed by atoms with Crippen LogP contribution in [0.4, 0.5) is 17.1 Å². The van der Waals surface area contributed by atoms with Crippen molar-refractivity contribution in [1.82, 2.24) is 0 Å². The Labute approximate surface area is 154 Å². The molecule has 0 spiro atoms. The maximum absolute atomic E-state index is 11.0. The summed E-state index contributed by atoms with van der Waals surface area (Å²) in [6, 6.07) is 3.36. The summed E-state index contributed by atoms with van der Waals surface area (Å²) >= 11 is 0. The van der Waals surface area contributed by atoms with Crippen LogP contribution in [0.3, 0.4) is 0 Å². The molecule has 1 rings (SSSR count). The molecule has 1 aromatic rings. The Hall–Kier alpha value is -2.83. The first-order valence-electron chi connectivity index (χ1n) is 8.03. The number of nitro groups is 2. The zero-order chi connectivity index (χ0) is 20.1. The predicted molar refractivity (Wildman–Crippen MR) is 93.0 cm³/mol. The summed E-state index contributed by atoms with van der Waals surface area (Å²) in [6.07, 6.45) is -0.0525. The summed E-state index contributed by atoms with van der Waals surface area (Å²) in [5.41, 5.74) is -0.563. The van der Waals surface area contributed by atoms with Crippen LogP contribution in [0.2, 0.25) is 0 Å². The highest BCUT2D eigenvalue weighted by Gasteiger charge is 2.18. The van der Waals surface area contributed by atoms with E-state index in [1.165, 1.54) is 12.1 Å². The van der Waals surface area contributed by atoms with Crippen LogP contribution in [0.5, 0.6) is 0 Å². The highest BCUT2D eigenvalue weighted by atomic mass is 16.6. The van der Waals surface area contributed by atoms with E-state index in [4.69, 9.17) is 19.3 Å². The van der Waals surface area contributed by atoms with Crippen molar-refractivity contribution in [1.29, 1.82) is 0 Å². The molecule has 0 radical (unpaired) electrons. The molecule has 27 heavy (non-hydrogen) atoms. The van der Waals surface area contributed by atoms with Gasteiger partial charge in [-0.25, -0.2) is 0 Å². The lowest BCUT2D eigenvalue weighted by Gasteiger charge is -2.08. The topological polar surface area (TPSA) is 163 Å². The average Bonchev–Trinajstić information content (AvgIpc) is 2.62. The third kappa shape index (κ3) is 9.44. The van der Waals surface area contributed by atoms with Crippen LogP contribution in [0.1, 0.15) is 6.42 Å². The van der Waals surface area contributed by atoms with Crippen LogP contribution >= 0.6 is 0 Å². The lowest BCUT2D eigenvalue weighted by atomic mass is 10.2. The monoisotopic (exact) mass is 387 g/mol. The van der Waals surface area contributed by atoms with Gasteiger partial charge in [-0.1, -0.05) is 0 Å². The largest absolute Gasteiger partial charge is 0.481 e. The van der Waals surface area contributed by atoms with Crippen LogP contribution in [0.25, 0.3) is 0 Å². The normalized spacial score (nSPS) is 10.5. The number of carbonyl (C=O) groups is 1. The number of anilines is 1. The Balaban J connectivity index is 2.14. The van der Waals surface area contributed by atoms with Crippen molar-refractivity contribution in [2.45, 2.75) is 6.42 Å². The Morgan fingerprint density at radius 3 is 2.11 bits per heavy atom. The summed E-state index contributed by atoms with van der Waals surface area (Å²) in [5.74, 6) is -0.919. The Bertz CT molecular complexity index is 639. The van der Waals surface area contributed by atoms with Crippen LogP contribution in [-0.2, 0) is 19.0 Å². The van der Waals surface area contributed by atoms with E-state index in [1.54, 1.807) is 0 Å². The Morgan fingerprint density at radius 2 is 1.56 bits per heavy atom. The van der Waals surface area contributed by atoms with E-state index >= 15 is 0 Å². The van der Waals surface area contributed by atoms with Crippen molar-refractivity contribution >= 4 is 23.0 Å². The lowest BCUT2D eigenvalue weighted by molar-refractivity contribution is -0.393. The van der Waals surface area contributed by atoms with Crippen molar-refractivity contribution in [3.05, 3.63) is 38.4 Å². The number of non-ortho nitro benzene ring substituents is 1. The zero-order valence-corrected chi connectivity index (χ0v) is 14.5. The standard InChI is InChI=1S/C15H21N3O9/c19-15(20)3-5-25-7-9-27-10-8-26-6-4-16-13-2-1-12(17(21)22)11-14(13)18(23)24/h1-2,11,16H,3-10H2,(H,19,20). The summed E-state index contributed by atoms with van der Waals surface area (Å²) < 4.78 is 15.6. The number of rotatable bonds is 15. The summed E-state index contributed by atoms with van der Waals surface area (Å²) in [4.78, 5) is 30.5. The lowest BCUT2D eigenvalue weighted by Crippen LogP contribution is -2.14. The van der Waals surface area contributed by atoms with Crippen molar-refractivity contribution in [2.24, 2.45) is 0 Å². The number of carboxylic acid groups (broad SMARTS) is 1. The highest BCUT2D eigenvalue weighted by Crippen LogP contribution is 2.28. The molecule has 0 aromatic heterocycles. The van der Waals surface area contributed by atoms with Gasteiger partial charge in [0.25, 0.3) is 11.4 Å². The number of nitrogens with one attached hydrogen (secondary N) is 1. The summed E-state index contributed by atoms with van der Waals surface area (Å²) in [6.45, 7) is 1.90. The molecule has 12 nitrogen and oxygen atoms in total. The molecule has 0 amide bonds. The van der Waals surface area contributed by atoms with E-state index in [0.717, 1.165) is 6.07 Å². The molecule has 2 N–H and O–H groups in total. The molecule has 0 bridgehead atoms. The molecule has 150 valence electrons. The van der Waals surface area contributed by atoms with E-state index in [-0.39, 0.29) is 43.2 Å². The smallest absolute Gasteiger partial charge is 0.305 e. The van der Waals surface area contributed by atoms with Crippen molar-refractivity contribution in [2.75, 3.05) is 51.5 Å². The number of benzene rings is 1. The Morgan fingerprint density at radius 1 is 0.963 bits per heavy atom. The van der Waals surface area contributed by atoms with Gasteiger partial charge in [0.2, 0.25) is 0 Å². The van der Waals surface area contributed by atoms with Gasteiger partial charge in [0.05, 0.1) is 62.0 Å². The number of carboxylic acids is 1. The first-order valence-corrected chi connectivity index (χ1v) is 8.03. The summed E-state index contributed by atoms with van der Waals surface area (Å²) in [5, 5.41) is 32.9. The number of aliphatic carboxylic acids is 1. The molecule has 0 heterocycles. The van der Waals surface area contributed by atoms with Crippen molar-refractivity contribution in [3.63, 3.8) is 0 Å². The molecule has 0 aliphatic heterocycles. The fourth-order valence-corrected chi connectivity index (χ4v) is 1.89. The van der Waals surface area contributed by atoms with Crippen LogP contribution in [0.15, 0.2) is 18.2 Å². The van der Waals surface area contributed by atoms with E-state index in [2.05, 4.69) is 5.32 Å². The molecule has 0 aliphatic rings. The van der Waals surface area contributed by atoms with Crippen LogP contribution < -0.4 is 5.32 Å². The fourth-order valence-electron chi connectivity index (χ4n) is 1.89. The average molecular weight is 387 g/mol. The molecule has 0 atom stereocenters. The predicted octanol–water partition coefficient (Wildman–Crippen LogP) is 1.44. The number of ether oxygens (including phenoxy) is 3. The van der Waals surface area contributed by atoms with Gasteiger partial charge in [-0.15, -0.1) is 0 Å². The van der Waals surface area contributed by atoms with Gasteiger partial charge in [0, 0.05) is 12.6 Å². The molecule has 1 aromatic carbocycles. The fraction of sp³-hybridized carbons (Fsp3) is 0.533. The molecule has 0 aliphatic carbocycles. The molecule has 12 heteroatoms. The van der Waals surface area contributed by atoms with Crippen LogP contribution in [0, 0.1) is 20.2 Å². The first kappa shape index (κ1) is 22.2. The van der Waals surface area contributed by atoms with Gasteiger partial charge >= 0.3 is 5.97 Å². The van der Waals surface area contributed by atoms with E-state index in [9.17, 15) is 25.0 Å². The second kappa shape index (κ2) is 12.5. The maximum Gasteiger partial charge on any atom is 0.305 e. The molecule has 0 unspecified atom stereocenters. The third-order valence-corrected chi connectivity index (χ3v) is 3.15. The van der Waals surface area contributed by atoms with Crippen LogP contribution in [-0.4, -0.2) is 67.1 Å². The van der Waals surface area contributed by atoms with E-state index < -0.39 is 15.8 Å². The molecule has 0 fully saturated rings. The second-order valence-corrected chi connectivity index (χ2v) is 5.12. The SMILES string of the molecule is O=C(O)CCOCCOCCOCCNc1ccc([N+](=O)[O-])cc1[N+](=O)[O-]. The first-order chi connectivity index (χ1) is 12.9. The van der Waals surface area contributed by atoms with Gasteiger partial charge < -0.3 is 24.6 Å². The number of nitrogens with zero attached hydrogens (tertiary/aromatic N) is 2. The second-order valence-electron chi connectivity index (χ2n) is 5.12. The van der Waals surface area contributed by atoms with Gasteiger partial charge in [-0.3, -0.25) is 25.0 Å². The molecular formula is C15H21N3O9. The Kier molecular flexibility index (Phi) is 10.3. The molecule has 0 saturated carbocycles. The minimum absolute atomic E-state index is 0.0525. The summed E-state index contributed by atoms with van der Waals surface area (Å²) in [7, 11) is 0. The van der Waals surface area contributed by atoms with E-state index in [1.807, 2.05) is 0 Å². The van der Waals surface area contributed by atoms with Gasteiger partial charge in [0.1, 0.15) is 5.69 Å². The minimum atomic E-state index is -0.919. The maximum atomic E-state index is 11.0. The minimum Gasteiger partial charge on any atom is -0.481 e. The molecule has 0 saturated heterocycles. The molecular weight excluding hydrogens is 366 g/mol.